The largest absolute Gasteiger partial charge is 0.481 e. The predicted octanol–water partition coefficient (Wildman–Crippen LogP) is 3.78. The molecule has 0 spiro atoms. The van der Waals surface area contributed by atoms with E-state index in [-0.39, 0.29) is 23.8 Å². The first-order valence-corrected chi connectivity index (χ1v) is 11.7. The lowest BCUT2D eigenvalue weighted by Gasteiger charge is -2.56. The summed E-state index contributed by atoms with van der Waals surface area (Å²) >= 11 is 0. The van der Waals surface area contributed by atoms with E-state index in [1.165, 1.54) is 19.3 Å². The summed E-state index contributed by atoms with van der Waals surface area (Å²) in [5.41, 5.74) is 1.44. The Morgan fingerprint density at radius 2 is 1.83 bits per heavy atom. The minimum atomic E-state index is -0.734. The van der Waals surface area contributed by atoms with E-state index in [1.807, 2.05) is 19.1 Å². The number of carboxylic acid groups (broad SMARTS) is 1. The molecule has 2 N–H and O–H groups in total. The van der Waals surface area contributed by atoms with Crippen LogP contribution in [0.1, 0.15) is 73.8 Å². The van der Waals surface area contributed by atoms with E-state index in [9.17, 15) is 9.59 Å². The van der Waals surface area contributed by atoms with Gasteiger partial charge < -0.3 is 15.3 Å². The highest BCUT2D eigenvalue weighted by atomic mass is 16.4. The topological polar surface area (TPSA) is 82.5 Å². The summed E-state index contributed by atoms with van der Waals surface area (Å²) in [4.78, 5) is 31.2. The third kappa shape index (κ3) is 3.81. The zero-order valence-corrected chi connectivity index (χ0v) is 17.9. The number of aromatic nitrogens is 1. The van der Waals surface area contributed by atoms with Crippen LogP contribution in [-0.4, -0.2) is 40.6 Å². The molecule has 5 aliphatic rings. The fourth-order valence-corrected chi connectivity index (χ4v) is 7.22. The van der Waals surface area contributed by atoms with Crippen LogP contribution in [0.3, 0.4) is 0 Å². The highest BCUT2D eigenvalue weighted by Gasteiger charge is 2.51. The first-order chi connectivity index (χ1) is 14.4. The maximum absolute atomic E-state index is 13.2. The van der Waals surface area contributed by atoms with E-state index in [1.54, 1.807) is 0 Å². The number of amides is 1. The molecule has 1 amide bonds. The summed E-state index contributed by atoms with van der Waals surface area (Å²) in [7, 11) is 0. The first-order valence-electron chi connectivity index (χ1n) is 11.7. The molecule has 0 aromatic carbocycles. The summed E-state index contributed by atoms with van der Waals surface area (Å²) in [6.07, 6.45) is 9.67. The fraction of sp³-hybridized carbons (Fsp3) is 0.708. The molecule has 6 rings (SSSR count). The number of piperidine rings is 1. The van der Waals surface area contributed by atoms with E-state index in [0.29, 0.717) is 5.56 Å². The van der Waals surface area contributed by atoms with Gasteiger partial charge in [-0.15, -0.1) is 0 Å². The quantitative estimate of drug-likeness (QED) is 0.770. The van der Waals surface area contributed by atoms with Crippen LogP contribution >= 0.6 is 0 Å². The van der Waals surface area contributed by atoms with Crippen LogP contribution in [0, 0.1) is 30.6 Å². The number of nitrogens with one attached hydrogen (secondary N) is 1. The maximum Gasteiger partial charge on any atom is 0.303 e. The van der Waals surface area contributed by atoms with Crippen LogP contribution in [0.4, 0.5) is 5.82 Å². The zero-order valence-electron chi connectivity index (χ0n) is 17.9. The highest BCUT2D eigenvalue weighted by molar-refractivity contribution is 5.96. The van der Waals surface area contributed by atoms with E-state index in [4.69, 9.17) is 10.1 Å². The number of pyridine rings is 1. The van der Waals surface area contributed by atoms with Gasteiger partial charge >= 0.3 is 5.97 Å². The Balaban J connectivity index is 1.28. The smallest absolute Gasteiger partial charge is 0.303 e. The van der Waals surface area contributed by atoms with E-state index < -0.39 is 5.97 Å². The van der Waals surface area contributed by atoms with Gasteiger partial charge in [-0.2, -0.15) is 0 Å². The SMILES string of the molecule is Cc1nc(N2CCCC(CC(=O)O)C2)ccc1C(=O)NC12CC3CC(CC(C3)C1)C2. The molecule has 1 aromatic heterocycles. The maximum atomic E-state index is 13.2. The third-order valence-corrected chi connectivity index (χ3v) is 8.04. The minimum Gasteiger partial charge on any atom is -0.481 e. The van der Waals surface area contributed by atoms with Crippen molar-refractivity contribution in [2.24, 2.45) is 23.7 Å². The Morgan fingerprint density at radius 3 is 2.43 bits per heavy atom. The minimum absolute atomic E-state index is 0.00781. The van der Waals surface area contributed by atoms with Gasteiger partial charge in [-0.05, 0) is 94.1 Å². The Labute approximate surface area is 178 Å². The summed E-state index contributed by atoms with van der Waals surface area (Å²) in [5.74, 6) is 2.72. The van der Waals surface area contributed by atoms with E-state index in [0.717, 1.165) is 74.5 Å². The Bertz CT molecular complexity index is 817. The van der Waals surface area contributed by atoms with Gasteiger partial charge in [0.25, 0.3) is 5.91 Å². The summed E-state index contributed by atoms with van der Waals surface area (Å²) < 4.78 is 0. The van der Waals surface area contributed by atoms with Gasteiger partial charge in [0.15, 0.2) is 0 Å². The van der Waals surface area contributed by atoms with Crippen molar-refractivity contribution >= 4 is 17.7 Å². The molecule has 2 heterocycles. The van der Waals surface area contributed by atoms with Crippen LogP contribution in [0.5, 0.6) is 0 Å². The molecule has 30 heavy (non-hydrogen) atoms. The number of aryl methyl sites for hydroxylation is 1. The van der Waals surface area contributed by atoms with Gasteiger partial charge in [-0.25, -0.2) is 4.98 Å². The average molecular weight is 412 g/mol. The predicted molar refractivity (Wildman–Crippen MR) is 115 cm³/mol. The Morgan fingerprint density at radius 1 is 1.17 bits per heavy atom. The molecule has 1 aromatic rings. The Hall–Kier alpha value is -2.11. The summed E-state index contributed by atoms with van der Waals surface area (Å²) in [5, 5.41) is 12.6. The molecule has 1 unspecified atom stereocenters. The third-order valence-electron chi connectivity index (χ3n) is 8.04. The Kier molecular flexibility index (Phi) is 4.98. The molecular formula is C24H33N3O3. The molecule has 4 aliphatic carbocycles. The number of carbonyl (C=O) groups is 2. The van der Waals surface area contributed by atoms with Crippen molar-refractivity contribution in [3.8, 4) is 0 Å². The van der Waals surface area contributed by atoms with Crippen LogP contribution in [-0.2, 0) is 4.79 Å². The van der Waals surface area contributed by atoms with Crippen molar-refractivity contribution in [1.29, 1.82) is 0 Å². The molecule has 4 saturated carbocycles. The number of hydrogen-bond acceptors (Lipinski definition) is 4. The first kappa shape index (κ1) is 19.8. The van der Waals surface area contributed by atoms with Crippen LogP contribution < -0.4 is 10.2 Å². The van der Waals surface area contributed by atoms with Crippen molar-refractivity contribution < 1.29 is 14.7 Å². The molecule has 6 heteroatoms. The fourth-order valence-electron chi connectivity index (χ4n) is 7.22. The number of hydrogen-bond donors (Lipinski definition) is 2. The molecule has 5 fully saturated rings. The van der Waals surface area contributed by atoms with Crippen molar-refractivity contribution in [2.45, 2.75) is 70.3 Å². The van der Waals surface area contributed by atoms with Gasteiger partial charge in [0, 0.05) is 25.0 Å². The van der Waals surface area contributed by atoms with Gasteiger partial charge in [0.05, 0.1) is 11.3 Å². The number of carboxylic acids is 1. The normalized spacial score (nSPS) is 34.8. The molecule has 1 aliphatic heterocycles. The van der Waals surface area contributed by atoms with E-state index >= 15 is 0 Å². The second-order valence-corrected chi connectivity index (χ2v) is 10.5. The molecule has 4 bridgehead atoms. The van der Waals surface area contributed by atoms with Crippen LogP contribution in [0.25, 0.3) is 0 Å². The van der Waals surface area contributed by atoms with E-state index in [2.05, 4.69) is 10.2 Å². The number of carbonyl (C=O) groups excluding carboxylic acids is 1. The van der Waals surface area contributed by atoms with Crippen LogP contribution in [0.15, 0.2) is 12.1 Å². The molecule has 1 atom stereocenters. The monoisotopic (exact) mass is 411 g/mol. The average Bonchev–Trinajstić information content (AvgIpc) is 2.66. The molecule has 0 radical (unpaired) electrons. The zero-order chi connectivity index (χ0) is 20.9. The van der Waals surface area contributed by atoms with Gasteiger partial charge in [-0.3, -0.25) is 9.59 Å². The lowest BCUT2D eigenvalue weighted by molar-refractivity contribution is -0.138. The molecular weight excluding hydrogens is 378 g/mol. The standard InChI is InChI=1S/C24H33N3O3/c1-15-20(4-5-21(25-15)27-6-2-3-16(14-27)10-22(28)29)23(30)26-24-11-17-7-18(12-24)9-19(8-17)13-24/h4-5,16-19H,2-3,6-14H2,1H3,(H,26,30)(H,28,29). The van der Waals surface area contributed by atoms with Gasteiger partial charge in [-0.1, -0.05) is 0 Å². The van der Waals surface area contributed by atoms with Gasteiger partial charge in [0.1, 0.15) is 5.82 Å². The molecule has 162 valence electrons. The van der Waals surface area contributed by atoms with Crippen molar-refractivity contribution in [1.82, 2.24) is 10.3 Å². The van der Waals surface area contributed by atoms with Gasteiger partial charge in [0.2, 0.25) is 0 Å². The van der Waals surface area contributed by atoms with Crippen LogP contribution in [0.2, 0.25) is 0 Å². The number of rotatable bonds is 5. The number of anilines is 1. The van der Waals surface area contributed by atoms with Crippen molar-refractivity contribution in [3.63, 3.8) is 0 Å². The molecule has 6 nitrogen and oxygen atoms in total. The lowest BCUT2D eigenvalue weighted by Crippen LogP contribution is -2.59. The molecule has 1 saturated heterocycles. The highest BCUT2D eigenvalue weighted by Crippen LogP contribution is 2.55. The number of aliphatic carboxylic acids is 1. The lowest BCUT2D eigenvalue weighted by atomic mass is 9.53. The summed E-state index contributed by atoms with van der Waals surface area (Å²) in [6.45, 7) is 3.52. The second kappa shape index (κ2) is 7.54. The number of nitrogens with zero attached hydrogens (tertiary/aromatic N) is 2. The second-order valence-electron chi connectivity index (χ2n) is 10.5. The summed E-state index contributed by atoms with van der Waals surface area (Å²) in [6, 6.07) is 3.85. The van der Waals surface area contributed by atoms with Crippen molar-refractivity contribution in [2.75, 3.05) is 18.0 Å². The van der Waals surface area contributed by atoms with Crippen molar-refractivity contribution in [3.05, 3.63) is 23.4 Å².